The third-order valence-electron chi connectivity index (χ3n) is 16.7. The van der Waals surface area contributed by atoms with Crippen molar-refractivity contribution in [3.8, 4) is 0 Å². The standard InChI is InChI=1S/C72H133NO10/c1-4-7-10-13-16-19-22-24-26-28-29-30-31-32-33-34-35-36-37-38-40-42-45-48-51-54-57-60-67(77)83-70-69(79)68(78)66(61-74)82-72(70)81-62-63(64(75)58-55-52-49-46-43-21-18-15-12-9-6-3)73-71(80)65(76)59-56-53-50-47-44-41-39-27-25-23-20-17-14-11-8-5-2/h16,19,24-27,55,58,63-66,68-70,72,74-76,78-79H,4-15,17-18,20-23,28-54,56-57,59-62H2,1-3H3,(H,73,80)/b19-16-,26-24-,27-25+,58-55+. The molecule has 0 aromatic rings. The maximum Gasteiger partial charge on any atom is 0.306 e. The van der Waals surface area contributed by atoms with Gasteiger partial charge >= 0.3 is 5.97 Å². The van der Waals surface area contributed by atoms with Gasteiger partial charge in [0.05, 0.1) is 25.4 Å². The van der Waals surface area contributed by atoms with Gasteiger partial charge in [-0.3, -0.25) is 9.59 Å². The van der Waals surface area contributed by atoms with Crippen molar-refractivity contribution < 1.29 is 49.3 Å². The van der Waals surface area contributed by atoms with Crippen LogP contribution in [0.5, 0.6) is 0 Å². The Balaban J connectivity index is 2.51. The third kappa shape index (κ3) is 47.4. The predicted molar refractivity (Wildman–Crippen MR) is 347 cm³/mol. The Hall–Kier alpha value is -2.38. The number of unbranched alkanes of at least 4 members (excludes halogenated alkanes) is 41. The summed E-state index contributed by atoms with van der Waals surface area (Å²) in [7, 11) is 0. The van der Waals surface area contributed by atoms with Crippen LogP contribution < -0.4 is 5.32 Å². The molecule has 0 bridgehead atoms. The molecule has 11 heteroatoms. The summed E-state index contributed by atoms with van der Waals surface area (Å²) in [4.78, 5) is 26.6. The largest absolute Gasteiger partial charge is 0.454 e. The zero-order chi connectivity index (χ0) is 60.3. The summed E-state index contributed by atoms with van der Waals surface area (Å²) in [6.07, 6.45) is 64.5. The van der Waals surface area contributed by atoms with E-state index in [1.165, 1.54) is 212 Å². The van der Waals surface area contributed by atoms with Crippen LogP contribution in [0, 0.1) is 0 Å². The predicted octanol–water partition coefficient (Wildman–Crippen LogP) is 18.0. The lowest BCUT2D eigenvalue weighted by molar-refractivity contribution is -0.305. The highest BCUT2D eigenvalue weighted by molar-refractivity contribution is 5.80. The smallest absolute Gasteiger partial charge is 0.306 e. The molecule has 1 fully saturated rings. The minimum atomic E-state index is -1.61. The number of hydrogen-bond donors (Lipinski definition) is 6. The van der Waals surface area contributed by atoms with Crippen LogP contribution in [0.4, 0.5) is 0 Å². The van der Waals surface area contributed by atoms with Crippen LogP contribution in [0.3, 0.4) is 0 Å². The monoisotopic (exact) mass is 1170 g/mol. The van der Waals surface area contributed by atoms with Crippen LogP contribution >= 0.6 is 0 Å². The maximum absolute atomic E-state index is 13.4. The van der Waals surface area contributed by atoms with Crippen molar-refractivity contribution in [1.82, 2.24) is 5.32 Å². The van der Waals surface area contributed by atoms with E-state index in [0.29, 0.717) is 12.8 Å². The molecule has 0 spiro atoms. The summed E-state index contributed by atoms with van der Waals surface area (Å²) < 4.78 is 17.7. The molecule has 0 aromatic heterocycles. The molecule has 0 aliphatic carbocycles. The number of ether oxygens (including phenoxy) is 3. The summed E-state index contributed by atoms with van der Waals surface area (Å²) >= 11 is 0. The first-order valence-electron chi connectivity index (χ1n) is 35.4. The molecule has 1 saturated heterocycles. The molecule has 0 aromatic carbocycles. The number of amides is 1. The third-order valence-corrected chi connectivity index (χ3v) is 16.7. The van der Waals surface area contributed by atoms with Gasteiger partial charge < -0.3 is 45.1 Å². The summed E-state index contributed by atoms with van der Waals surface area (Å²) in [6.45, 7) is 5.79. The van der Waals surface area contributed by atoms with E-state index in [0.717, 1.165) is 77.0 Å². The number of carbonyl (C=O) groups is 2. The van der Waals surface area contributed by atoms with Crippen LogP contribution in [-0.4, -0.2) is 99.6 Å². The molecule has 0 radical (unpaired) electrons. The fourth-order valence-corrected chi connectivity index (χ4v) is 11.1. The molecule has 1 aliphatic heterocycles. The van der Waals surface area contributed by atoms with Gasteiger partial charge in [-0.1, -0.05) is 294 Å². The maximum atomic E-state index is 13.4. The van der Waals surface area contributed by atoms with Crippen LogP contribution in [0.15, 0.2) is 48.6 Å². The number of allylic oxidation sites excluding steroid dienone is 7. The van der Waals surface area contributed by atoms with E-state index in [9.17, 15) is 35.1 Å². The summed E-state index contributed by atoms with van der Waals surface area (Å²) in [5.74, 6) is -1.19. The average Bonchev–Trinajstić information content (AvgIpc) is 3.68. The molecule has 1 rings (SSSR count). The van der Waals surface area contributed by atoms with E-state index in [-0.39, 0.29) is 19.4 Å². The Bertz CT molecular complexity index is 1540. The highest BCUT2D eigenvalue weighted by Crippen LogP contribution is 2.26. The van der Waals surface area contributed by atoms with Gasteiger partial charge in [-0.25, -0.2) is 0 Å². The number of hydrogen-bond acceptors (Lipinski definition) is 10. The minimum absolute atomic E-state index is 0.126. The minimum Gasteiger partial charge on any atom is -0.454 e. The molecule has 1 aliphatic rings. The number of carbonyl (C=O) groups excluding carboxylic acids is 2. The van der Waals surface area contributed by atoms with E-state index < -0.39 is 67.4 Å². The molecule has 1 heterocycles. The lowest BCUT2D eigenvalue weighted by atomic mass is 9.99. The van der Waals surface area contributed by atoms with Crippen molar-refractivity contribution in [3.63, 3.8) is 0 Å². The molecule has 8 unspecified atom stereocenters. The number of rotatable bonds is 61. The molecule has 8 atom stereocenters. The highest BCUT2D eigenvalue weighted by Gasteiger charge is 2.47. The van der Waals surface area contributed by atoms with Crippen LogP contribution in [0.1, 0.15) is 335 Å². The van der Waals surface area contributed by atoms with Crippen LogP contribution in [0.25, 0.3) is 0 Å². The van der Waals surface area contributed by atoms with Crippen molar-refractivity contribution in [2.75, 3.05) is 13.2 Å². The van der Waals surface area contributed by atoms with Crippen molar-refractivity contribution in [2.45, 2.75) is 384 Å². The zero-order valence-electron chi connectivity index (χ0n) is 54.1. The molecular weight excluding hydrogens is 1040 g/mol. The van der Waals surface area contributed by atoms with Crippen molar-refractivity contribution in [1.29, 1.82) is 0 Å². The topological polar surface area (TPSA) is 175 Å². The fourth-order valence-electron chi connectivity index (χ4n) is 11.1. The quantitative estimate of drug-likeness (QED) is 0.0195. The Labute approximate surface area is 510 Å². The second-order valence-electron chi connectivity index (χ2n) is 24.6. The van der Waals surface area contributed by atoms with Gasteiger partial charge in [0.15, 0.2) is 12.4 Å². The molecule has 83 heavy (non-hydrogen) atoms. The number of esters is 1. The van der Waals surface area contributed by atoms with Gasteiger partial charge in [-0.2, -0.15) is 0 Å². The van der Waals surface area contributed by atoms with Gasteiger partial charge in [0.1, 0.15) is 24.4 Å². The van der Waals surface area contributed by atoms with Gasteiger partial charge in [0.2, 0.25) is 5.91 Å². The lowest BCUT2D eigenvalue weighted by Crippen LogP contribution is -2.61. The Morgan fingerprint density at radius 3 is 1.27 bits per heavy atom. The van der Waals surface area contributed by atoms with Crippen molar-refractivity contribution >= 4 is 11.9 Å². The van der Waals surface area contributed by atoms with Gasteiger partial charge in [-0.15, -0.1) is 0 Å². The zero-order valence-corrected chi connectivity index (χ0v) is 54.1. The van der Waals surface area contributed by atoms with Crippen LogP contribution in [-0.2, 0) is 23.8 Å². The van der Waals surface area contributed by atoms with Gasteiger partial charge in [0.25, 0.3) is 0 Å². The van der Waals surface area contributed by atoms with E-state index in [4.69, 9.17) is 14.2 Å². The summed E-state index contributed by atoms with van der Waals surface area (Å²) in [5, 5.41) is 57.1. The van der Waals surface area contributed by atoms with E-state index in [2.05, 4.69) is 62.5 Å². The lowest BCUT2D eigenvalue weighted by Gasteiger charge is -2.41. The SMILES string of the molecule is CCCCC/C=C\C/C=C\CCCCCCCCCCCCCCCCCCCC(=O)OC1C(OCC(NC(=O)C(O)CCCCCCCC/C=C/CCCCCCCC)C(O)/C=C/CCCCCCCCCCC)OC(CO)C(O)C1O. The first kappa shape index (κ1) is 78.6. The molecule has 6 N–H and O–H groups in total. The highest BCUT2D eigenvalue weighted by atomic mass is 16.7. The molecule has 1 amide bonds. The molecular formula is C72H133NO10. The number of aliphatic hydroxyl groups excluding tert-OH is 5. The molecule has 486 valence electrons. The Morgan fingerprint density at radius 1 is 0.470 bits per heavy atom. The Kier molecular flexibility index (Phi) is 56.8. The van der Waals surface area contributed by atoms with Crippen LogP contribution in [0.2, 0.25) is 0 Å². The second-order valence-corrected chi connectivity index (χ2v) is 24.6. The first-order valence-corrected chi connectivity index (χ1v) is 35.4. The Morgan fingerprint density at radius 2 is 0.831 bits per heavy atom. The number of aliphatic hydroxyl groups is 5. The van der Waals surface area contributed by atoms with E-state index in [1.807, 2.05) is 6.08 Å². The number of nitrogens with one attached hydrogen (secondary N) is 1. The fraction of sp³-hybridized carbons (Fsp3) is 0.861. The summed E-state index contributed by atoms with van der Waals surface area (Å²) in [5.41, 5.74) is 0. The van der Waals surface area contributed by atoms with Crippen molar-refractivity contribution in [3.05, 3.63) is 48.6 Å². The van der Waals surface area contributed by atoms with E-state index in [1.54, 1.807) is 6.08 Å². The van der Waals surface area contributed by atoms with Gasteiger partial charge in [0, 0.05) is 6.42 Å². The normalized spacial score (nSPS) is 18.8. The van der Waals surface area contributed by atoms with Gasteiger partial charge in [-0.05, 0) is 83.5 Å². The first-order chi connectivity index (χ1) is 40.7. The summed E-state index contributed by atoms with van der Waals surface area (Å²) in [6, 6.07) is -1.02. The van der Waals surface area contributed by atoms with Crippen molar-refractivity contribution in [2.24, 2.45) is 0 Å². The van der Waals surface area contributed by atoms with E-state index >= 15 is 0 Å². The average molecular weight is 1170 g/mol. The second kappa shape index (κ2) is 59.9. The molecule has 0 saturated carbocycles. The molecule has 11 nitrogen and oxygen atoms in total.